The number of benzene rings is 1. The van der Waals surface area contributed by atoms with Crippen LogP contribution in [0.4, 0.5) is 5.69 Å². The maximum atomic E-state index is 12.8. The van der Waals surface area contributed by atoms with Gasteiger partial charge in [-0.05, 0) is 36.6 Å². The molecule has 1 amide bonds. The number of hydrogen-bond acceptors (Lipinski definition) is 5. The minimum Gasteiger partial charge on any atom is -0.378 e. The number of morpholine rings is 1. The summed E-state index contributed by atoms with van der Waals surface area (Å²) in [6.45, 7) is 5.96. The Morgan fingerprint density at radius 3 is 2.57 bits per heavy atom. The minimum atomic E-state index is -3.01. The van der Waals surface area contributed by atoms with Gasteiger partial charge in [0.15, 0.2) is 9.84 Å². The second-order valence-electron chi connectivity index (χ2n) is 7.47. The van der Waals surface area contributed by atoms with E-state index in [4.69, 9.17) is 4.74 Å². The lowest BCUT2D eigenvalue weighted by molar-refractivity contribution is -0.127. The van der Waals surface area contributed by atoms with Crippen LogP contribution in [0.2, 0.25) is 0 Å². The topological polar surface area (TPSA) is 66.9 Å². The quantitative estimate of drug-likeness (QED) is 0.651. The highest BCUT2D eigenvalue weighted by molar-refractivity contribution is 7.91. The van der Waals surface area contributed by atoms with Gasteiger partial charge in [-0.1, -0.05) is 25.5 Å². The molecule has 0 aromatic heterocycles. The summed E-state index contributed by atoms with van der Waals surface area (Å²) in [6.07, 6.45) is 5.78. The first kappa shape index (κ1) is 20.9. The third kappa shape index (κ3) is 5.58. The number of unbranched alkanes of at least 4 members (excludes halogenated alkanes) is 1. The van der Waals surface area contributed by atoms with Crippen molar-refractivity contribution in [1.82, 2.24) is 4.90 Å². The number of carbonyl (C=O) groups is 1. The lowest BCUT2D eigenvalue weighted by atomic mass is 10.1. The number of nitrogens with zero attached hydrogens (tertiary/aromatic N) is 2. The van der Waals surface area contributed by atoms with Crippen molar-refractivity contribution >= 4 is 27.5 Å². The van der Waals surface area contributed by atoms with Gasteiger partial charge in [0.1, 0.15) is 0 Å². The fourth-order valence-corrected chi connectivity index (χ4v) is 5.43. The standard InChI is InChI=1S/C21H30N2O4S/c1-2-3-11-23(20-10-16-28(25,26)17-20)21(24)9-6-18-4-7-19(8-5-18)22-12-14-27-15-13-22/h4-9,20H,2-3,10-17H2,1H3/b9-6+. The molecule has 7 heteroatoms. The molecular weight excluding hydrogens is 376 g/mol. The third-order valence-electron chi connectivity index (χ3n) is 5.37. The largest absolute Gasteiger partial charge is 0.378 e. The number of amides is 1. The Morgan fingerprint density at radius 1 is 1.25 bits per heavy atom. The molecule has 0 bridgehead atoms. The predicted molar refractivity (Wildman–Crippen MR) is 112 cm³/mol. The molecule has 0 saturated carbocycles. The Labute approximate surface area is 168 Å². The van der Waals surface area contributed by atoms with E-state index in [-0.39, 0.29) is 23.5 Å². The number of anilines is 1. The van der Waals surface area contributed by atoms with Gasteiger partial charge in [-0.2, -0.15) is 0 Å². The first-order valence-corrected chi connectivity index (χ1v) is 11.9. The Morgan fingerprint density at radius 2 is 1.96 bits per heavy atom. The van der Waals surface area contributed by atoms with Crippen LogP contribution in [0.15, 0.2) is 30.3 Å². The second-order valence-corrected chi connectivity index (χ2v) is 9.70. The Kier molecular flexibility index (Phi) is 7.13. The number of rotatable bonds is 7. The van der Waals surface area contributed by atoms with E-state index in [0.717, 1.165) is 50.4 Å². The van der Waals surface area contributed by atoms with Gasteiger partial charge < -0.3 is 14.5 Å². The lowest BCUT2D eigenvalue weighted by Crippen LogP contribution is -2.40. The summed E-state index contributed by atoms with van der Waals surface area (Å²) >= 11 is 0. The Bertz CT molecular complexity index is 783. The van der Waals surface area contributed by atoms with E-state index in [0.29, 0.717) is 13.0 Å². The molecule has 154 valence electrons. The smallest absolute Gasteiger partial charge is 0.246 e. The predicted octanol–water partition coefficient (Wildman–Crippen LogP) is 2.35. The molecule has 3 rings (SSSR count). The summed E-state index contributed by atoms with van der Waals surface area (Å²) in [4.78, 5) is 16.8. The molecule has 1 atom stereocenters. The van der Waals surface area contributed by atoms with Crippen LogP contribution in [0.3, 0.4) is 0 Å². The van der Waals surface area contributed by atoms with Crippen molar-refractivity contribution in [2.24, 2.45) is 0 Å². The van der Waals surface area contributed by atoms with E-state index in [2.05, 4.69) is 24.0 Å². The molecular formula is C21H30N2O4S. The maximum Gasteiger partial charge on any atom is 0.246 e. The molecule has 0 radical (unpaired) electrons. The van der Waals surface area contributed by atoms with E-state index in [1.165, 1.54) is 0 Å². The summed E-state index contributed by atoms with van der Waals surface area (Å²) < 4.78 is 29.0. The highest BCUT2D eigenvalue weighted by atomic mass is 32.2. The molecule has 0 spiro atoms. The minimum absolute atomic E-state index is 0.0878. The summed E-state index contributed by atoms with van der Waals surface area (Å²) in [5.74, 6) is 0.165. The summed E-state index contributed by atoms with van der Waals surface area (Å²) in [7, 11) is -3.01. The zero-order valence-corrected chi connectivity index (χ0v) is 17.4. The van der Waals surface area contributed by atoms with Crippen molar-refractivity contribution < 1.29 is 17.9 Å². The second kappa shape index (κ2) is 9.56. The highest BCUT2D eigenvalue weighted by Gasteiger charge is 2.33. The average Bonchev–Trinajstić information content (AvgIpc) is 3.07. The van der Waals surface area contributed by atoms with Crippen molar-refractivity contribution in [2.75, 3.05) is 49.3 Å². The van der Waals surface area contributed by atoms with E-state index < -0.39 is 9.84 Å². The van der Waals surface area contributed by atoms with Gasteiger partial charge in [-0.25, -0.2) is 8.42 Å². The Hall–Kier alpha value is -1.86. The molecule has 1 unspecified atom stereocenters. The molecule has 2 heterocycles. The molecule has 0 aliphatic carbocycles. The molecule has 6 nitrogen and oxygen atoms in total. The van der Waals surface area contributed by atoms with Gasteiger partial charge in [-0.15, -0.1) is 0 Å². The van der Waals surface area contributed by atoms with E-state index in [9.17, 15) is 13.2 Å². The normalized spacial score (nSPS) is 21.9. The van der Waals surface area contributed by atoms with Crippen molar-refractivity contribution in [2.45, 2.75) is 32.2 Å². The number of ether oxygens (including phenoxy) is 1. The van der Waals surface area contributed by atoms with Gasteiger partial charge in [0.2, 0.25) is 5.91 Å². The summed E-state index contributed by atoms with van der Waals surface area (Å²) in [5.41, 5.74) is 2.12. The summed E-state index contributed by atoms with van der Waals surface area (Å²) in [6, 6.07) is 7.94. The lowest BCUT2D eigenvalue weighted by Gasteiger charge is -2.28. The summed E-state index contributed by atoms with van der Waals surface area (Å²) in [5, 5.41) is 0. The van der Waals surface area contributed by atoms with E-state index >= 15 is 0 Å². The molecule has 0 N–H and O–H groups in total. The molecule has 2 aliphatic rings. The zero-order valence-electron chi connectivity index (χ0n) is 16.5. The fourth-order valence-electron chi connectivity index (χ4n) is 3.70. The van der Waals surface area contributed by atoms with Crippen molar-refractivity contribution in [3.63, 3.8) is 0 Å². The van der Waals surface area contributed by atoms with Crippen LogP contribution in [0.25, 0.3) is 6.08 Å². The molecule has 1 aromatic carbocycles. The number of hydrogen-bond donors (Lipinski definition) is 0. The SMILES string of the molecule is CCCCN(C(=O)/C=C/c1ccc(N2CCOCC2)cc1)C1CCS(=O)(=O)C1. The first-order chi connectivity index (χ1) is 13.5. The van der Waals surface area contributed by atoms with Gasteiger partial charge >= 0.3 is 0 Å². The number of carbonyl (C=O) groups excluding carboxylic acids is 1. The van der Waals surface area contributed by atoms with Crippen LogP contribution in [0.5, 0.6) is 0 Å². The molecule has 2 fully saturated rings. The van der Waals surface area contributed by atoms with Crippen LogP contribution in [0, 0.1) is 0 Å². The van der Waals surface area contributed by atoms with Crippen molar-refractivity contribution in [3.8, 4) is 0 Å². The van der Waals surface area contributed by atoms with Crippen molar-refractivity contribution in [3.05, 3.63) is 35.9 Å². The van der Waals surface area contributed by atoms with Gasteiger partial charge in [0.25, 0.3) is 0 Å². The zero-order chi connectivity index (χ0) is 20.0. The van der Waals surface area contributed by atoms with Gasteiger partial charge in [-0.3, -0.25) is 4.79 Å². The molecule has 2 aliphatic heterocycles. The van der Waals surface area contributed by atoms with Gasteiger partial charge in [0.05, 0.1) is 24.7 Å². The fraction of sp³-hybridized carbons (Fsp3) is 0.571. The van der Waals surface area contributed by atoms with Crippen LogP contribution in [0.1, 0.15) is 31.7 Å². The van der Waals surface area contributed by atoms with Crippen LogP contribution >= 0.6 is 0 Å². The van der Waals surface area contributed by atoms with E-state index in [1.54, 1.807) is 11.0 Å². The van der Waals surface area contributed by atoms with Gasteiger partial charge in [0, 0.05) is 37.4 Å². The maximum absolute atomic E-state index is 12.8. The average molecular weight is 407 g/mol. The highest BCUT2D eigenvalue weighted by Crippen LogP contribution is 2.20. The van der Waals surface area contributed by atoms with Crippen LogP contribution < -0.4 is 4.90 Å². The molecule has 28 heavy (non-hydrogen) atoms. The monoisotopic (exact) mass is 406 g/mol. The third-order valence-corrected chi connectivity index (χ3v) is 7.12. The molecule has 2 saturated heterocycles. The van der Waals surface area contributed by atoms with Crippen LogP contribution in [-0.4, -0.2) is 69.6 Å². The Balaban J connectivity index is 1.64. The molecule has 1 aromatic rings. The number of sulfone groups is 1. The first-order valence-electron chi connectivity index (χ1n) is 10.1. The van der Waals surface area contributed by atoms with E-state index in [1.807, 2.05) is 18.2 Å². The van der Waals surface area contributed by atoms with Crippen molar-refractivity contribution in [1.29, 1.82) is 0 Å². The van der Waals surface area contributed by atoms with Crippen LogP contribution in [-0.2, 0) is 19.4 Å².